The first kappa shape index (κ1) is 8.07. The second kappa shape index (κ2) is 3.06. The zero-order valence-electron chi connectivity index (χ0n) is 6.52. The molecule has 2 aromatic rings. The quantitative estimate of drug-likeness (QED) is 0.723. The molecule has 0 aliphatic heterocycles. The van der Waals surface area contributed by atoms with Gasteiger partial charge in [-0.15, -0.1) is 0 Å². The molecule has 2 aromatic heterocycles. The highest BCUT2D eigenvalue weighted by molar-refractivity contribution is 7.08. The number of hydrogen-bond acceptors (Lipinski definition) is 4. The highest BCUT2D eigenvalue weighted by atomic mass is 32.1. The monoisotopic (exact) mass is 193 g/mol. The zero-order valence-corrected chi connectivity index (χ0v) is 7.34. The van der Waals surface area contributed by atoms with Crippen LogP contribution < -0.4 is 5.11 Å². The van der Waals surface area contributed by atoms with Gasteiger partial charge in [-0.05, 0) is 23.6 Å². The fourth-order valence-corrected chi connectivity index (χ4v) is 1.65. The van der Waals surface area contributed by atoms with Crippen molar-refractivity contribution < 1.29 is 14.3 Å². The SMILES string of the molecule is O=C([O-])c1ccc(-c2ccsc2)o1. The van der Waals surface area contributed by atoms with Crippen LogP contribution in [0, 0.1) is 0 Å². The molecule has 2 heterocycles. The van der Waals surface area contributed by atoms with Crippen molar-refractivity contribution in [2.24, 2.45) is 0 Å². The standard InChI is InChI=1S/C9H6O3S/c10-9(11)8-2-1-7(12-8)6-3-4-13-5-6/h1-5H,(H,10,11)/p-1. The van der Waals surface area contributed by atoms with E-state index in [9.17, 15) is 9.90 Å². The van der Waals surface area contributed by atoms with E-state index < -0.39 is 5.97 Å². The molecule has 0 spiro atoms. The largest absolute Gasteiger partial charge is 0.542 e. The van der Waals surface area contributed by atoms with E-state index >= 15 is 0 Å². The van der Waals surface area contributed by atoms with Crippen LogP contribution in [0.5, 0.6) is 0 Å². The summed E-state index contributed by atoms with van der Waals surface area (Å²) in [5.41, 5.74) is 0.887. The van der Waals surface area contributed by atoms with Crippen molar-refractivity contribution in [2.75, 3.05) is 0 Å². The summed E-state index contributed by atoms with van der Waals surface area (Å²) in [5.74, 6) is -0.872. The van der Waals surface area contributed by atoms with Gasteiger partial charge in [-0.25, -0.2) is 0 Å². The van der Waals surface area contributed by atoms with Gasteiger partial charge in [0.2, 0.25) is 0 Å². The summed E-state index contributed by atoms with van der Waals surface area (Å²) in [6, 6.07) is 4.87. The van der Waals surface area contributed by atoms with Crippen LogP contribution in [0.2, 0.25) is 0 Å². The average Bonchev–Trinajstić information content (AvgIpc) is 2.75. The van der Waals surface area contributed by atoms with E-state index in [2.05, 4.69) is 0 Å². The fourth-order valence-electron chi connectivity index (χ4n) is 1.01. The van der Waals surface area contributed by atoms with E-state index in [-0.39, 0.29) is 5.76 Å². The molecule has 0 atom stereocenters. The van der Waals surface area contributed by atoms with Gasteiger partial charge in [-0.3, -0.25) is 0 Å². The van der Waals surface area contributed by atoms with E-state index in [1.54, 1.807) is 6.07 Å². The average molecular weight is 193 g/mol. The highest BCUT2D eigenvalue weighted by Crippen LogP contribution is 2.23. The summed E-state index contributed by atoms with van der Waals surface area (Å²) in [4.78, 5) is 10.4. The Morgan fingerprint density at radius 2 is 2.23 bits per heavy atom. The van der Waals surface area contributed by atoms with Crippen LogP contribution in [-0.2, 0) is 0 Å². The Hall–Kier alpha value is -1.55. The minimum atomic E-state index is -1.29. The molecule has 4 heteroatoms. The van der Waals surface area contributed by atoms with E-state index in [1.807, 2.05) is 16.8 Å². The third kappa shape index (κ3) is 1.48. The Morgan fingerprint density at radius 1 is 1.38 bits per heavy atom. The van der Waals surface area contributed by atoms with Gasteiger partial charge in [0, 0.05) is 10.9 Å². The molecule has 66 valence electrons. The summed E-state index contributed by atoms with van der Waals surface area (Å²) in [7, 11) is 0. The van der Waals surface area contributed by atoms with Crippen molar-refractivity contribution in [1.82, 2.24) is 0 Å². The molecule has 0 N–H and O–H groups in total. The fraction of sp³-hybridized carbons (Fsp3) is 0. The molecule has 0 amide bonds. The summed E-state index contributed by atoms with van der Waals surface area (Å²) in [6.07, 6.45) is 0. The van der Waals surface area contributed by atoms with Crippen molar-refractivity contribution in [2.45, 2.75) is 0 Å². The predicted octanol–water partition coefficient (Wildman–Crippen LogP) is 1.37. The third-order valence-corrected chi connectivity index (χ3v) is 2.30. The Bertz CT molecular complexity index is 414. The first-order valence-corrected chi connectivity index (χ1v) is 4.55. The van der Waals surface area contributed by atoms with Gasteiger partial charge in [-0.1, -0.05) is 0 Å². The highest BCUT2D eigenvalue weighted by Gasteiger charge is 2.04. The molecule has 0 aromatic carbocycles. The zero-order chi connectivity index (χ0) is 9.26. The summed E-state index contributed by atoms with van der Waals surface area (Å²) < 4.78 is 5.03. The van der Waals surface area contributed by atoms with Crippen LogP contribution in [-0.4, -0.2) is 5.97 Å². The maximum Gasteiger partial charge on any atom is 0.150 e. The smallest absolute Gasteiger partial charge is 0.150 e. The van der Waals surface area contributed by atoms with Gasteiger partial charge in [0.25, 0.3) is 0 Å². The molecule has 0 radical (unpaired) electrons. The van der Waals surface area contributed by atoms with Crippen molar-refractivity contribution in [3.05, 3.63) is 34.7 Å². The lowest BCUT2D eigenvalue weighted by atomic mass is 10.3. The topological polar surface area (TPSA) is 53.3 Å². The third-order valence-electron chi connectivity index (χ3n) is 1.61. The summed E-state index contributed by atoms with van der Waals surface area (Å²) in [5, 5.41) is 14.2. The lowest BCUT2D eigenvalue weighted by molar-refractivity contribution is -0.257. The first-order chi connectivity index (χ1) is 6.27. The van der Waals surface area contributed by atoms with Crippen LogP contribution in [0.1, 0.15) is 10.6 Å². The van der Waals surface area contributed by atoms with Gasteiger partial charge < -0.3 is 14.3 Å². The van der Waals surface area contributed by atoms with Gasteiger partial charge in [0.1, 0.15) is 17.5 Å². The minimum absolute atomic E-state index is 0.138. The molecule has 0 bridgehead atoms. The van der Waals surface area contributed by atoms with E-state index in [0.29, 0.717) is 5.76 Å². The van der Waals surface area contributed by atoms with Gasteiger partial charge >= 0.3 is 0 Å². The number of rotatable bonds is 2. The van der Waals surface area contributed by atoms with Crippen molar-refractivity contribution in [1.29, 1.82) is 0 Å². The molecule has 0 aliphatic rings. The second-order valence-electron chi connectivity index (χ2n) is 2.46. The van der Waals surface area contributed by atoms with Crippen molar-refractivity contribution in [3.63, 3.8) is 0 Å². The Kier molecular flexibility index (Phi) is 1.90. The number of carboxylic acid groups (broad SMARTS) is 1. The number of hydrogen-bond donors (Lipinski definition) is 0. The van der Waals surface area contributed by atoms with Crippen LogP contribution in [0.4, 0.5) is 0 Å². The minimum Gasteiger partial charge on any atom is -0.542 e. The summed E-state index contributed by atoms with van der Waals surface area (Å²) >= 11 is 1.53. The molecule has 0 saturated carbocycles. The summed E-state index contributed by atoms with van der Waals surface area (Å²) in [6.45, 7) is 0. The first-order valence-electron chi connectivity index (χ1n) is 3.61. The molecule has 0 unspecified atom stereocenters. The van der Waals surface area contributed by atoms with Crippen LogP contribution >= 0.6 is 11.3 Å². The number of carbonyl (C=O) groups is 1. The van der Waals surface area contributed by atoms with Crippen molar-refractivity contribution >= 4 is 17.3 Å². The second-order valence-corrected chi connectivity index (χ2v) is 3.24. The lowest BCUT2D eigenvalue weighted by Crippen LogP contribution is -2.21. The molecule has 0 fully saturated rings. The lowest BCUT2D eigenvalue weighted by Gasteiger charge is -1.94. The Morgan fingerprint density at radius 3 is 2.77 bits per heavy atom. The molecule has 2 rings (SSSR count). The number of carbonyl (C=O) groups excluding carboxylic acids is 1. The maximum absolute atomic E-state index is 10.4. The van der Waals surface area contributed by atoms with Gasteiger partial charge in [0.15, 0.2) is 0 Å². The Balaban J connectivity index is 2.39. The van der Waals surface area contributed by atoms with Crippen LogP contribution in [0.3, 0.4) is 0 Å². The van der Waals surface area contributed by atoms with E-state index in [0.717, 1.165) is 5.56 Å². The molecule has 13 heavy (non-hydrogen) atoms. The number of thiophene rings is 1. The van der Waals surface area contributed by atoms with Crippen LogP contribution in [0.25, 0.3) is 11.3 Å². The molecular weight excluding hydrogens is 188 g/mol. The maximum atomic E-state index is 10.4. The molecule has 0 aliphatic carbocycles. The van der Waals surface area contributed by atoms with Crippen molar-refractivity contribution in [3.8, 4) is 11.3 Å². The molecule has 3 nitrogen and oxygen atoms in total. The van der Waals surface area contributed by atoms with Gasteiger partial charge in [0.05, 0.1) is 0 Å². The predicted molar refractivity (Wildman–Crippen MR) is 46.4 cm³/mol. The number of furan rings is 1. The van der Waals surface area contributed by atoms with Gasteiger partial charge in [-0.2, -0.15) is 11.3 Å². The normalized spacial score (nSPS) is 10.2. The van der Waals surface area contributed by atoms with Crippen LogP contribution in [0.15, 0.2) is 33.4 Å². The number of carboxylic acids is 1. The molecular formula is C9H5O3S-. The Labute approximate surface area is 78.2 Å². The molecule has 0 saturated heterocycles. The van der Waals surface area contributed by atoms with E-state index in [4.69, 9.17) is 4.42 Å². The van der Waals surface area contributed by atoms with E-state index in [1.165, 1.54) is 17.4 Å². The number of aromatic carboxylic acids is 1.